The Morgan fingerprint density at radius 2 is 1.86 bits per heavy atom. The smallest absolute Gasteiger partial charge is 0.173 e. The number of hydrogen-bond acceptors (Lipinski definition) is 5. The van der Waals surface area contributed by atoms with E-state index in [1.807, 2.05) is 6.07 Å². The lowest BCUT2D eigenvalue weighted by Gasteiger charge is -2.11. The second-order valence-electron chi connectivity index (χ2n) is 4.54. The zero-order valence-electron chi connectivity index (χ0n) is 11.5. The minimum Gasteiger partial charge on any atom is -0.508 e. The quantitative estimate of drug-likeness (QED) is 0.786. The maximum atomic E-state index is 14.5. The molecule has 22 heavy (non-hydrogen) atoms. The van der Waals surface area contributed by atoms with E-state index in [9.17, 15) is 9.50 Å². The zero-order chi connectivity index (χ0) is 15.7. The van der Waals surface area contributed by atoms with Crippen LogP contribution in [0.15, 0.2) is 36.7 Å². The predicted molar refractivity (Wildman–Crippen MR) is 77.9 cm³/mol. The van der Waals surface area contributed by atoms with E-state index in [-0.39, 0.29) is 17.1 Å². The average molecular weight is 295 g/mol. The van der Waals surface area contributed by atoms with Gasteiger partial charge in [0, 0.05) is 29.6 Å². The molecule has 0 atom stereocenters. The van der Waals surface area contributed by atoms with Crippen LogP contribution in [-0.4, -0.2) is 22.2 Å². The van der Waals surface area contributed by atoms with E-state index in [4.69, 9.17) is 10.00 Å². The van der Waals surface area contributed by atoms with Crippen LogP contribution in [0, 0.1) is 17.1 Å². The first kappa shape index (κ1) is 13.8. The van der Waals surface area contributed by atoms with Crippen molar-refractivity contribution >= 4 is 11.0 Å². The van der Waals surface area contributed by atoms with Crippen LogP contribution in [0.4, 0.5) is 4.39 Å². The molecule has 1 N–H and O–H groups in total. The minimum atomic E-state index is -0.614. The Bertz CT molecular complexity index is 919. The number of phenols is 1. The Labute approximate surface area is 125 Å². The number of benzene rings is 2. The van der Waals surface area contributed by atoms with Crippen molar-refractivity contribution in [1.82, 2.24) is 9.97 Å². The largest absolute Gasteiger partial charge is 0.508 e. The lowest BCUT2D eigenvalue weighted by molar-refractivity contribution is 0.381. The summed E-state index contributed by atoms with van der Waals surface area (Å²) < 4.78 is 19.4. The van der Waals surface area contributed by atoms with Gasteiger partial charge in [-0.3, -0.25) is 9.97 Å². The molecule has 5 nitrogen and oxygen atoms in total. The number of nitriles is 1. The first-order valence-corrected chi connectivity index (χ1v) is 6.36. The summed E-state index contributed by atoms with van der Waals surface area (Å²) in [6.45, 7) is 0. The predicted octanol–water partition coefficient (Wildman–Crippen LogP) is 3.02. The van der Waals surface area contributed by atoms with Crippen LogP contribution in [0.25, 0.3) is 22.2 Å². The summed E-state index contributed by atoms with van der Waals surface area (Å²) >= 11 is 0. The van der Waals surface area contributed by atoms with Gasteiger partial charge in [0.15, 0.2) is 11.6 Å². The molecule has 0 saturated heterocycles. The van der Waals surface area contributed by atoms with Crippen molar-refractivity contribution in [2.24, 2.45) is 0 Å². The lowest BCUT2D eigenvalue weighted by Crippen LogP contribution is -1.95. The topological polar surface area (TPSA) is 79.0 Å². The number of hydrogen-bond donors (Lipinski definition) is 1. The summed E-state index contributed by atoms with van der Waals surface area (Å²) in [5.41, 5.74) is 1.66. The van der Waals surface area contributed by atoms with Crippen LogP contribution in [0.2, 0.25) is 0 Å². The first-order valence-electron chi connectivity index (χ1n) is 6.36. The molecule has 3 rings (SSSR count). The number of aromatic nitrogens is 2. The zero-order valence-corrected chi connectivity index (χ0v) is 11.5. The number of halogens is 1. The molecule has 0 radical (unpaired) electrons. The molecule has 108 valence electrons. The monoisotopic (exact) mass is 295 g/mol. The van der Waals surface area contributed by atoms with Crippen molar-refractivity contribution in [3.05, 3.63) is 48.0 Å². The summed E-state index contributed by atoms with van der Waals surface area (Å²) in [7, 11) is 1.32. The molecule has 1 heterocycles. The van der Waals surface area contributed by atoms with E-state index < -0.39 is 5.82 Å². The standard InChI is InChI=1S/C16H10FN3O2/c1-22-13-7-10(21)6-12(14(13)17)11-3-2-9(8-18)15-16(11)20-5-4-19-15/h2-7,21H,1H3. The number of methoxy groups -OCH3 is 1. The van der Waals surface area contributed by atoms with E-state index in [1.165, 1.54) is 31.6 Å². The first-order chi connectivity index (χ1) is 10.7. The molecule has 6 heteroatoms. The maximum absolute atomic E-state index is 14.5. The molecule has 0 unspecified atom stereocenters. The van der Waals surface area contributed by atoms with Gasteiger partial charge in [-0.2, -0.15) is 5.26 Å². The highest BCUT2D eigenvalue weighted by Crippen LogP contribution is 2.36. The molecule has 0 bridgehead atoms. The van der Waals surface area contributed by atoms with Gasteiger partial charge in [-0.1, -0.05) is 6.07 Å². The number of fused-ring (bicyclic) bond motifs is 1. The molecule has 2 aromatic carbocycles. The Balaban J connectivity index is 2.38. The van der Waals surface area contributed by atoms with Crippen LogP contribution < -0.4 is 4.74 Å². The van der Waals surface area contributed by atoms with E-state index in [1.54, 1.807) is 12.1 Å². The fourth-order valence-corrected chi connectivity index (χ4v) is 2.29. The molecule has 0 aliphatic heterocycles. The number of aromatic hydroxyl groups is 1. The summed E-state index contributed by atoms with van der Waals surface area (Å²) in [6.07, 6.45) is 2.93. The average Bonchev–Trinajstić information content (AvgIpc) is 2.55. The molecule has 0 saturated carbocycles. The summed E-state index contributed by atoms with van der Waals surface area (Å²) in [5.74, 6) is -0.817. The van der Waals surface area contributed by atoms with Gasteiger partial charge in [-0.05, 0) is 12.1 Å². The van der Waals surface area contributed by atoms with Crippen molar-refractivity contribution < 1.29 is 14.2 Å². The number of rotatable bonds is 2. The van der Waals surface area contributed by atoms with Crippen LogP contribution in [-0.2, 0) is 0 Å². The summed E-state index contributed by atoms with van der Waals surface area (Å²) in [4.78, 5) is 8.32. The molecule has 1 aromatic heterocycles. The minimum absolute atomic E-state index is 0.0728. The van der Waals surface area contributed by atoms with Crippen molar-refractivity contribution in [3.8, 4) is 28.7 Å². The Hall–Kier alpha value is -3.20. The van der Waals surface area contributed by atoms with Gasteiger partial charge >= 0.3 is 0 Å². The number of ether oxygens (including phenoxy) is 1. The lowest BCUT2D eigenvalue weighted by atomic mass is 10.00. The van der Waals surface area contributed by atoms with Crippen LogP contribution in [0.5, 0.6) is 11.5 Å². The van der Waals surface area contributed by atoms with E-state index in [0.717, 1.165) is 0 Å². The van der Waals surface area contributed by atoms with E-state index in [2.05, 4.69) is 9.97 Å². The number of nitrogens with zero attached hydrogens (tertiary/aromatic N) is 3. The highest BCUT2D eigenvalue weighted by molar-refractivity contribution is 5.95. The van der Waals surface area contributed by atoms with Gasteiger partial charge in [0.05, 0.1) is 18.2 Å². The third-order valence-corrected chi connectivity index (χ3v) is 3.28. The fourth-order valence-electron chi connectivity index (χ4n) is 2.29. The molecular formula is C16H10FN3O2. The normalized spacial score (nSPS) is 10.4. The van der Waals surface area contributed by atoms with Crippen molar-refractivity contribution in [3.63, 3.8) is 0 Å². The van der Waals surface area contributed by atoms with Gasteiger partial charge in [0.2, 0.25) is 0 Å². The molecule has 0 aliphatic carbocycles. The molecule has 0 spiro atoms. The fraction of sp³-hybridized carbons (Fsp3) is 0.0625. The van der Waals surface area contributed by atoms with Gasteiger partial charge in [-0.15, -0.1) is 0 Å². The van der Waals surface area contributed by atoms with Gasteiger partial charge < -0.3 is 9.84 Å². The molecule has 0 aliphatic rings. The Morgan fingerprint density at radius 3 is 2.55 bits per heavy atom. The third-order valence-electron chi connectivity index (χ3n) is 3.28. The molecular weight excluding hydrogens is 285 g/mol. The second kappa shape index (κ2) is 5.30. The van der Waals surface area contributed by atoms with Crippen LogP contribution in [0.3, 0.4) is 0 Å². The summed E-state index contributed by atoms with van der Waals surface area (Å²) in [5, 5.41) is 18.9. The van der Waals surface area contributed by atoms with Gasteiger partial charge in [-0.25, -0.2) is 4.39 Å². The third kappa shape index (κ3) is 2.09. The number of phenolic OH excluding ortho intramolecular Hbond substituents is 1. The molecule has 0 amide bonds. The SMILES string of the molecule is COc1cc(O)cc(-c2ccc(C#N)c3nccnc23)c1F. The van der Waals surface area contributed by atoms with E-state index in [0.29, 0.717) is 22.2 Å². The Morgan fingerprint density at radius 1 is 1.14 bits per heavy atom. The van der Waals surface area contributed by atoms with Crippen LogP contribution in [0.1, 0.15) is 5.56 Å². The summed E-state index contributed by atoms with van der Waals surface area (Å²) in [6, 6.07) is 7.62. The van der Waals surface area contributed by atoms with E-state index >= 15 is 0 Å². The second-order valence-corrected chi connectivity index (χ2v) is 4.54. The Kier molecular flexibility index (Phi) is 3.31. The highest BCUT2D eigenvalue weighted by Gasteiger charge is 2.17. The van der Waals surface area contributed by atoms with Gasteiger partial charge in [0.25, 0.3) is 0 Å². The van der Waals surface area contributed by atoms with Crippen molar-refractivity contribution in [2.45, 2.75) is 0 Å². The van der Waals surface area contributed by atoms with Crippen molar-refractivity contribution in [1.29, 1.82) is 5.26 Å². The highest BCUT2D eigenvalue weighted by atomic mass is 19.1. The molecule has 3 aromatic rings. The molecule has 0 fully saturated rings. The maximum Gasteiger partial charge on any atom is 0.173 e. The van der Waals surface area contributed by atoms with Gasteiger partial charge in [0.1, 0.15) is 17.3 Å². The van der Waals surface area contributed by atoms with Crippen molar-refractivity contribution in [2.75, 3.05) is 7.11 Å². The van der Waals surface area contributed by atoms with Crippen LogP contribution >= 0.6 is 0 Å².